The number of para-hydroxylation sites is 1. The second-order valence-electron chi connectivity index (χ2n) is 5.75. The molecule has 0 fully saturated rings. The summed E-state index contributed by atoms with van der Waals surface area (Å²) in [5, 5.41) is 3.29. The summed E-state index contributed by atoms with van der Waals surface area (Å²) >= 11 is 0. The zero-order valence-electron chi connectivity index (χ0n) is 13.4. The minimum Gasteiger partial charge on any atom is -0.350 e. The van der Waals surface area contributed by atoms with E-state index in [9.17, 15) is 14.0 Å². The molecule has 0 aliphatic heterocycles. The Morgan fingerprint density at radius 3 is 2.50 bits per heavy atom. The predicted octanol–water partition coefficient (Wildman–Crippen LogP) is 3.17. The summed E-state index contributed by atoms with van der Waals surface area (Å²) in [7, 11) is 1.79. The number of benzene rings is 2. The molecule has 1 N–H and O–H groups in total. The number of carbonyl (C=O) groups is 1. The van der Waals surface area contributed by atoms with Crippen molar-refractivity contribution in [3.8, 4) is 0 Å². The Morgan fingerprint density at radius 1 is 1.12 bits per heavy atom. The van der Waals surface area contributed by atoms with E-state index >= 15 is 0 Å². The summed E-state index contributed by atoms with van der Waals surface area (Å²) in [4.78, 5) is 25.1. The number of carbonyl (C=O) groups excluding carboxylic acids is 1. The Balaban J connectivity index is 1.93. The number of nitrogens with zero attached hydrogens (tertiary/aromatic N) is 1. The molecule has 0 spiro atoms. The van der Waals surface area contributed by atoms with E-state index < -0.39 is 5.91 Å². The molecule has 0 unspecified atom stereocenters. The number of hydrogen-bond acceptors (Lipinski definition) is 2. The van der Waals surface area contributed by atoms with Crippen molar-refractivity contribution in [2.24, 2.45) is 7.05 Å². The van der Waals surface area contributed by atoms with Crippen molar-refractivity contribution in [1.82, 2.24) is 9.88 Å². The van der Waals surface area contributed by atoms with E-state index in [1.54, 1.807) is 42.8 Å². The van der Waals surface area contributed by atoms with Gasteiger partial charge in [0, 0.05) is 18.6 Å². The van der Waals surface area contributed by atoms with Gasteiger partial charge >= 0.3 is 0 Å². The van der Waals surface area contributed by atoms with Crippen molar-refractivity contribution in [2.45, 2.75) is 13.0 Å². The van der Waals surface area contributed by atoms with Crippen LogP contribution >= 0.6 is 0 Å². The summed E-state index contributed by atoms with van der Waals surface area (Å²) in [6, 6.07) is 12.7. The van der Waals surface area contributed by atoms with Gasteiger partial charge in [-0.1, -0.05) is 24.3 Å². The van der Waals surface area contributed by atoms with Crippen LogP contribution in [0.2, 0.25) is 0 Å². The summed E-state index contributed by atoms with van der Waals surface area (Å²) in [6.07, 6.45) is 1.54. The first kappa shape index (κ1) is 15.9. The molecule has 1 heterocycles. The first-order valence-electron chi connectivity index (χ1n) is 7.62. The molecule has 3 rings (SSSR count). The molecule has 0 aliphatic carbocycles. The lowest BCUT2D eigenvalue weighted by Gasteiger charge is -2.15. The van der Waals surface area contributed by atoms with Gasteiger partial charge < -0.3 is 9.88 Å². The molecule has 0 saturated carbocycles. The molecular formula is C19H17FN2O2. The van der Waals surface area contributed by atoms with Crippen molar-refractivity contribution >= 4 is 16.8 Å². The first-order valence-corrected chi connectivity index (χ1v) is 7.62. The third-order valence-corrected chi connectivity index (χ3v) is 4.06. The van der Waals surface area contributed by atoms with Crippen LogP contribution in [0.3, 0.4) is 0 Å². The summed E-state index contributed by atoms with van der Waals surface area (Å²) in [5.74, 6) is -0.779. The lowest BCUT2D eigenvalue weighted by atomic mass is 10.1. The van der Waals surface area contributed by atoms with Gasteiger partial charge in [-0.05, 0) is 36.8 Å². The van der Waals surface area contributed by atoms with Crippen molar-refractivity contribution < 1.29 is 9.18 Å². The standard InChI is InChI=1S/C19H17FN2O2/c1-12(13-7-9-14(20)10-8-13)21-19(24)16-11-22(2)17-6-4-3-5-15(17)18(16)23/h3-12H,1-2H3,(H,21,24)/t12-/m0/s1. The smallest absolute Gasteiger partial charge is 0.257 e. The second kappa shape index (κ2) is 6.28. The average molecular weight is 324 g/mol. The molecule has 24 heavy (non-hydrogen) atoms. The highest BCUT2D eigenvalue weighted by atomic mass is 19.1. The van der Waals surface area contributed by atoms with E-state index in [-0.39, 0.29) is 22.9 Å². The lowest BCUT2D eigenvalue weighted by molar-refractivity contribution is 0.0938. The molecule has 4 nitrogen and oxygen atoms in total. The van der Waals surface area contributed by atoms with Gasteiger partial charge in [0.2, 0.25) is 5.43 Å². The maximum Gasteiger partial charge on any atom is 0.257 e. The number of aromatic nitrogens is 1. The highest BCUT2D eigenvalue weighted by Gasteiger charge is 2.17. The van der Waals surface area contributed by atoms with Crippen molar-refractivity contribution in [1.29, 1.82) is 0 Å². The van der Waals surface area contributed by atoms with Gasteiger partial charge in [0.25, 0.3) is 5.91 Å². The molecule has 1 amide bonds. The van der Waals surface area contributed by atoms with Gasteiger partial charge in [-0.2, -0.15) is 0 Å². The van der Waals surface area contributed by atoms with E-state index in [1.165, 1.54) is 18.3 Å². The molecular weight excluding hydrogens is 307 g/mol. The normalized spacial score (nSPS) is 12.1. The van der Waals surface area contributed by atoms with E-state index in [4.69, 9.17) is 0 Å². The van der Waals surface area contributed by atoms with Crippen LogP contribution in [-0.2, 0) is 7.05 Å². The molecule has 122 valence electrons. The van der Waals surface area contributed by atoms with Crippen molar-refractivity contribution in [3.63, 3.8) is 0 Å². The van der Waals surface area contributed by atoms with Crippen LogP contribution < -0.4 is 10.7 Å². The average Bonchev–Trinajstić information content (AvgIpc) is 2.58. The fourth-order valence-corrected chi connectivity index (χ4v) is 2.71. The highest BCUT2D eigenvalue weighted by molar-refractivity contribution is 5.97. The van der Waals surface area contributed by atoms with Crippen LogP contribution in [-0.4, -0.2) is 10.5 Å². The Bertz CT molecular complexity index is 961. The molecule has 2 aromatic carbocycles. The fourth-order valence-electron chi connectivity index (χ4n) is 2.71. The van der Waals surface area contributed by atoms with E-state index in [2.05, 4.69) is 5.32 Å². The van der Waals surface area contributed by atoms with Gasteiger partial charge in [0.05, 0.1) is 11.6 Å². The van der Waals surface area contributed by atoms with E-state index in [0.717, 1.165) is 11.1 Å². The number of fused-ring (bicyclic) bond motifs is 1. The molecule has 5 heteroatoms. The number of nitrogens with one attached hydrogen (secondary N) is 1. The molecule has 0 radical (unpaired) electrons. The largest absolute Gasteiger partial charge is 0.350 e. The van der Waals surface area contributed by atoms with Crippen LogP contribution in [0.25, 0.3) is 10.9 Å². The number of halogens is 1. The maximum absolute atomic E-state index is 13.0. The monoisotopic (exact) mass is 324 g/mol. The Morgan fingerprint density at radius 2 is 1.79 bits per heavy atom. The number of hydrogen-bond donors (Lipinski definition) is 1. The quantitative estimate of drug-likeness (QED) is 0.804. The van der Waals surface area contributed by atoms with Crippen LogP contribution in [0, 0.1) is 5.82 Å². The lowest BCUT2D eigenvalue weighted by Crippen LogP contribution is -2.31. The number of aryl methyl sites for hydroxylation is 1. The molecule has 1 aromatic heterocycles. The first-order chi connectivity index (χ1) is 11.5. The zero-order valence-corrected chi connectivity index (χ0v) is 13.4. The number of rotatable bonds is 3. The van der Waals surface area contributed by atoms with Crippen LogP contribution in [0.5, 0.6) is 0 Å². The van der Waals surface area contributed by atoms with E-state index in [0.29, 0.717) is 5.39 Å². The van der Waals surface area contributed by atoms with Gasteiger partial charge in [-0.25, -0.2) is 4.39 Å². The molecule has 0 saturated heterocycles. The topological polar surface area (TPSA) is 51.1 Å². The van der Waals surface area contributed by atoms with Crippen molar-refractivity contribution in [2.75, 3.05) is 0 Å². The van der Waals surface area contributed by atoms with Crippen LogP contribution in [0.1, 0.15) is 28.9 Å². The van der Waals surface area contributed by atoms with Gasteiger partial charge in [-0.3, -0.25) is 9.59 Å². The maximum atomic E-state index is 13.0. The zero-order chi connectivity index (χ0) is 17.3. The van der Waals surface area contributed by atoms with Gasteiger partial charge in [-0.15, -0.1) is 0 Å². The molecule has 1 atom stereocenters. The second-order valence-corrected chi connectivity index (χ2v) is 5.75. The summed E-state index contributed by atoms with van der Waals surface area (Å²) in [5.41, 5.74) is 1.32. The molecule has 3 aromatic rings. The Kier molecular flexibility index (Phi) is 4.16. The minimum absolute atomic E-state index is 0.0881. The van der Waals surface area contributed by atoms with Gasteiger partial charge in [0.1, 0.15) is 11.4 Å². The molecule has 0 aliphatic rings. The summed E-state index contributed by atoms with van der Waals surface area (Å²) < 4.78 is 14.7. The fraction of sp³-hybridized carbons (Fsp3) is 0.158. The third kappa shape index (κ3) is 2.93. The highest BCUT2D eigenvalue weighted by Crippen LogP contribution is 2.14. The van der Waals surface area contributed by atoms with Crippen molar-refractivity contribution in [3.05, 3.63) is 81.9 Å². The summed E-state index contributed by atoms with van der Waals surface area (Å²) in [6.45, 7) is 1.79. The van der Waals surface area contributed by atoms with Crippen LogP contribution in [0.15, 0.2) is 59.5 Å². The number of amides is 1. The van der Waals surface area contributed by atoms with E-state index in [1.807, 2.05) is 12.1 Å². The third-order valence-electron chi connectivity index (χ3n) is 4.06. The Labute approximate surface area is 138 Å². The SMILES string of the molecule is C[C@H](NC(=O)c1cn(C)c2ccccc2c1=O)c1ccc(F)cc1. The van der Waals surface area contributed by atoms with Crippen LogP contribution in [0.4, 0.5) is 4.39 Å². The Hall–Kier alpha value is -2.95. The molecule has 0 bridgehead atoms. The van der Waals surface area contributed by atoms with Gasteiger partial charge in [0.15, 0.2) is 0 Å². The number of pyridine rings is 1. The minimum atomic E-state index is -0.446. The predicted molar refractivity (Wildman–Crippen MR) is 91.5 cm³/mol.